The predicted octanol–water partition coefficient (Wildman–Crippen LogP) is 4.14. The molecule has 0 saturated heterocycles. The van der Waals surface area contributed by atoms with Gasteiger partial charge >= 0.3 is 0 Å². The lowest BCUT2D eigenvalue weighted by Gasteiger charge is -2.30. The third-order valence-electron chi connectivity index (χ3n) is 3.19. The first-order valence-electron chi connectivity index (χ1n) is 7.24. The number of carbonyl (C=O) groups excluding carboxylic acids is 1. The van der Waals surface area contributed by atoms with E-state index in [1.807, 2.05) is 17.0 Å². The SMILES string of the molecule is CC(C)Cc1ccc(C(=O)N(C(C)C)C(C)C)cc1. The van der Waals surface area contributed by atoms with Gasteiger partial charge in [0.1, 0.15) is 0 Å². The van der Waals surface area contributed by atoms with Gasteiger partial charge in [-0.25, -0.2) is 0 Å². The summed E-state index contributed by atoms with van der Waals surface area (Å²) in [5.41, 5.74) is 2.09. The predicted molar refractivity (Wildman–Crippen MR) is 81.4 cm³/mol. The fourth-order valence-electron chi connectivity index (χ4n) is 2.47. The molecule has 1 rings (SSSR count). The average Bonchev–Trinajstić information content (AvgIpc) is 2.27. The van der Waals surface area contributed by atoms with Gasteiger partial charge in [-0.2, -0.15) is 0 Å². The number of nitrogens with zero attached hydrogens (tertiary/aromatic N) is 1. The summed E-state index contributed by atoms with van der Waals surface area (Å²) in [6.07, 6.45) is 1.06. The highest BCUT2D eigenvalue weighted by atomic mass is 16.2. The monoisotopic (exact) mass is 261 g/mol. The Kier molecular flexibility index (Phi) is 5.59. The van der Waals surface area contributed by atoms with Crippen LogP contribution in [0, 0.1) is 5.92 Å². The highest BCUT2D eigenvalue weighted by Crippen LogP contribution is 2.15. The quantitative estimate of drug-likeness (QED) is 0.780. The summed E-state index contributed by atoms with van der Waals surface area (Å²) in [5.74, 6) is 0.769. The van der Waals surface area contributed by atoms with Gasteiger partial charge in [0, 0.05) is 17.6 Å². The third kappa shape index (κ3) is 4.38. The molecule has 1 aromatic carbocycles. The van der Waals surface area contributed by atoms with Gasteiger partial charge in [0.05, 0.1) is 0 Å². The van der Waals surface area contributed by atoms with E-state index in [0.29, 0.717) is 5.92 Å². The molecule has 0 aliphatic carbocycles. The first kappa shape index (κ1) is 15.7. The number of benzene rings is 1. The van der Waals surface area contributed by atoms with Crippen molar-refractivity contribution in [1.29, 1.82) is 0 Å². The van der Waals surface area contributed by atoms with E-state index in [1.165, 1.54) is 5.56 Å². The molecule has 0 fully saturated rings. The minimum Gasteiger partial charge on any atom is -0.334 e. The lowest BCUT2D eigenvalue weighted by Crippen LogP contribution is -2.42. The minimum absolute atomic E-state index is 0.126. The van der Waals surface area contributed by atoms with E-state index in [2.05, 4.69) is 53.7 Å². The van der Waals surface area contributed by atoms with Gasteiger partial charge in [0.15, 0.2) is 0 Å². The molecule has 0 bridgehead atoms. The lowest BCUT2D eigenvalue weighted by molar-refractivity contribution is 0.0643. The Hall–Kier alpha value is -1.31. The van der Waals surface area contributed by atoms with E-state index in [-0.39, 0.29) is 18.0 Å². The second-order valence-corrected chi connectivity index (χ2v) is 6.19. The van der Waals surface area contributed by atoms with Gasteiger partial charge in [-0.05, 0) is 57.7 Å². The maximum Gasteiger partial charge on any atom is 0.254 e. The molecule has 1 amide bonds. The molecule has 0 radical (unpaired) electrons. The molecule has 0 atom stereocenters. The van der Waals surface area contributed by atoms with Crippen molar-refractivity contribution < 1.29 is 4.79 Å². The summed E-state index contributed by atoms with van der Waals surface area (Å²) in [5, 5.41) is 0. The molecule has 2 heteroatoms. The summed E-state index contributed by atoms with van der Waals surface area (Å²) in [4.78, 5) is 14.4. The van der Waals surface area contributed by atoms with Crippen LogP contribution in [0.2, 0.25) is 0 Å². The third-order valence-corrected chi connectivity index (χ3v) is 3.19. The van der Waals surface area contributed by atoms with Crippen molar-refractivity contribution in [3.63, 3.8) is 0 Å². The number of rotatable bonds is 5. The second kappa shape index (κ2) is 6.74. The Morgan fingerprint density at radius 3 is 1.79 bits per heavy atom. The van der Waals surface area contributed by atoms with Crippen molar-refractivity contribution in [2.45, 2.75) is 60.0 Å². The second-order valence-electron chi connectivity index (χ2n) is 6.19. The van der Waals surface area contributed by atoms with Crippen molar-refractivity contribution in [2.24, 2.45) is 5.92 Å². The van der Waals surface area contributed by atoms with Crippen LogP contribution in [-0.2, 0) is 6.42 Å². The molecule has 0 aromatic heterocycles. The average molecular weight is 261 g/mol. The van der Waals surface area contributed by atoms with Crippen LogP contribution >= 0.6 is 0 Å². The Morgan fingerprint density at radius 2 is 1.42 bits per heavy atom. The lowest BCUT2D eigenvalue weighted by atomic mass is 10.0. The molecule has 0 heterocycles. The molecule has 0 aliphatic heterocycles. The summed E-state index contributed by atoms with van der Waals surface area (Å²) in [6, 6.07) is 8.51. The molecule has 0 spiro atoms. The largest absolute Gasteiger partial charge is 0.334 e. The molecule has 1 aromatic rings. The minimum atomic E-state index is 0.126. The van der Waals surface area contributed by atoms with Crippen LogP contribution in [0.4, 0.5) is 0 Å². The smallest absolute Gasteiger partial charge is 0.254 e. The Labute approximate surface area is 117 Å². The normalized spacial score (nSPS) is 11.4. The first-order valence-corrected chi connectivity index (χ1v) is 7.24. The zero-order valence-corrected chi connectivity index (χ0v) is 13.1. The molecular formula is C17H27NO. The summed E-state index contributed by atoms with van der Waals surface area (Å²) in [7, 11) is 0. The molecule has 0 unspecified atom stereocenters. The highest BCUT2D eigenvalue weighted by Gasteiger charge is 2.21. The standard InChI is InChI=1S/C17H27NO/c1-12(2)11-15-7-9-16(10-8-15)17(19)18(13(3)4)14(5)6/h7-10,12-14H,11H2,1-6H3. The van der Waals surface area contributed by atoms with Crippen molar-refractivity contribution in [2.75, 3.05) is 0 Å². The Morgan fingerprint density at radius 1 is 0.947 bits per heavy atom. The van der Waals surface area contributed by atoms with E-state index in [4.69, 9.17) is 0 Å². The molecule has 0 aliphatic rings. The molecule has 106 valence electrons. The van der Waals surface area contributed by atoms with Crippen LogP contribution < -0.4 is 0 Å². The van der Waals surface area contributed by atoms with E-state index in [0.717, 1.165) is 12.0 Å². The number of amides is 1. The number of hydrogen-bond donors (Lipinski definition) is 0. The first-order chi connectivity index (χ1) is 8.82. The van der Waals surface area contributed by atoms with Gasteiger partial charge in [-0.3, -0.25) is 4.79 Å². The topological polar surface area (TPSA) is 20.3 Å². The molecule has 0 saturated carbocycles. The van der Waals surface area contributed by atoms with Gasteiger partial charge < -0.3 is 4.90 Å². The molecule has 0 N–H and O–H groups in total. The van der Waals surface area contributed by atoms with Gasteiger partial charge in [0.25, 0.3) is 5.91 Å². The van der Waals surface area contributed by atoms with E-state index in [1.54, 1.807) is 0 Å². The van der Waals surface area contributed by atoms with Crippen LogP contribution in [0.15, 0.2) is 24.3 Å². The Balaban J connectivity index is 2.88. The fourth-order valence-corrected chi connectivity index (χ4v) is 2.47. The van der Waals surface area contributed by atoms with Crippen LogP contribution in [0.25, 0.3) is 0 Å². The maximum atomic E-state index is 12.5. The van der Waals surface area contributed by atoms with Gasteiger partial charge in [0.2, 0.25) is 0 Å². The summed E-state index contributed by atoms with van der Waals surface area (Å²) < 4.78 is 0. The van der Waals surface area contributed by atoms with E-state index >= 15 is 0 Å². The van der Waals surface area contributed by atoms with Crippen LogP contribution in [0.3, 0.4) is 0 Å². The Bertz CT molecular complexity index is 396. The van der Waals surface area contributed by atoms with Crippen molar-refractivity contribution in [3.05, 3.63) is 35.4 Å². The van der Waals surface area contributed by atoms with Gasteiger partial charge in [-0.1, -0.05) is 26.0 Å². The van der Waals surface area contributed by atoms with Crippen molar-refractivity contribution >= 4 is 5.91 Å². The summed E-state index contributed by atoms with van der Waals surface area (Å²) in [6.45, 7) is 12.7. The van der Waals surface area contributed by atoms with Crippen LogP contribution in [0.5, 0.6) is 0 Å². The zero-order valence-electron chi connectivity index (χ0n) is 13.1. The summed E-state index contributed by atoms with van der Waals surface area (Å²) >= 11 is 0. The number of carbonyl (C=O) groups is 1. The van der Waals surface area contributed by atoms with Crippen molar-refractivity contribution in [3.8, 4) is 0 Å². The number of hydrogen-bond acceptors (Lipinski definition) is 1. The van der Waals surface area contributed by atoms with Crippen LogP contribution in [-0.4, -0.2) is 22.9 Å². The van der Waals surface area contributed by atoms with E-state index in [9.17, 15) is 4.79 Å². The maximum absolute atomic E-state index is 12.5. The van der Waals surface area contributed by atoms with Crippen molar-refractivity contribution in [1.82, 2.24) is 4.90 Å². The van der Waals surface area contributed by atoms with Gasteiger partial charge in [-0.15, -0.1) is 0 Å². The van der Waals surface area contributed by atoms with E-state index < -0.39 is 0 Å². The molecule has 2 nitrogen and oxygen atoms in total. The fraction of sp³-hybridized carbons (Fsp3) is 0.588. The van der Waals surface area contributed by atoms with Crippen LogP contribution in [0.1, 0.15) is 57.5 Å². The highest BCUT2D eigenvalue weighted by molar-refractivity contribution is 5.94. The molecule has 19 heavy (non-hydrogen) atoms. The zero-order chi connectivity index (χ0) is 14.6. The molecular weight excluding hydrogens is 234 g/mol.